The van der Waals surface area contributed by atoms with Crippen molar-refractivity contribution >= 4 is 46.6 Å². The Balaban J connectivity index is 1.47. The maximum atomic E-state index is 13.8. The first-order valence-corrected chi connectivity index (χ1v) is 15.1. The summed E-state index contributed by atoms with van der Waals surface area (Å²) in [5.41, 5.74) is 2.94. The zero-order valence-electron chi connectivity index (χ0n) is 23.5. The number of ether oxygens (including phenoxy) is 3. The second-order valence-corrected chi connectivity index (χ2v) is 11.4. The summed E-state index contributed by atoms with van der Waals surface area (Å²) < 4.78 is 18.9. The maximum Gasteiger partial charge on any atom is 0.338 e. The molecule has 43 heavy (non-hydrogen) atoms. The molecule has 3 aromatic carbocycles. The van der Waals surface area contributed by atoms with Gasteiger partial charge in [0, 0.05) is 15.6 Å². The van der Waals surface area contributed by atoms with Crippen molar-refractivity contribution in [2.75, 3.05) is 13.2 Å². The van der Waals surface area contributed by atoms with Gasteiger partial charge in [-0.05, 0) is 67.4 Å². The third-order valence-corrected chi connectivity index (χ3v) is 8.24. The first-order chi connectivity index (χ1) is 20.8. The van der Waals surface area contributed by atoms with Gasteiger partial charge in [-0.3, -0.25) is 9.36 Å². The number of hydrogen-bond acceptors (Lipinski definition) is 7. The van der Waals surface area contributed by atoms with Gasteiger partial charge in [-0.25, -0.2) is 9.79 Å². The SMILES string of the molecule is C=CCOc1ccc([C@@H]2C(C(=O)OCC)=C(C)N=c3s/c(=C\c4ccc(OCc5ccc(Cl)cc5Cl)cc4)c(=O)n32)cc1. The number of thiazole rings is 1. The number of nitrogens with zero attached hydrogens (tertiary/aromatic N) is 2. The van der Waals surface area contributed by atoms with Crippen LogP contribution in [-0.4, -0.2) is 23.8 Å². The molecule has 5 rings (SSSR count). The van der Waals surface area contributed by atoms with Gasteiger partial charge in [-0.1, -0.05) is 77.5 Å². The van der Waals surface area contributed by atoms with Crippen LogP contribution >= 0.6 is 34.5 Å². The summed E-state index contributed by atoms with van der Waals surface area (Å²) in [6.07, 6.45) is 3.46. The molecule has 7 nitrogen and oxygen atoms in total. The molecular weight excluding hydrogens is 607 g/mol. The van der Waals surface area contributed by atoms with E-state index >= 15 is 0 Å². The number of carbonyl (C=O) groups is 1. The molecule has 4 aromatic rings. The van der Waals surface area contributed by atoms with Crippen molar-refractivity contribution in [2.45, 2.75) is 26.5 Å². The predicted molar refractivity (Wildman–Crippen MR) is 170 cm³/mol. The largest absolute Gasteiger partial charge is 0.490 e. The fraction of sp³-hybridized carbons (Fsp3) is 0.182. The molecular formula is C33H28Cl2N2O5S. The quantitative estimate of drug-likeness (QED) is 0.152. The van der Waals surface area contributed by atoms with Gasteiger partial charge in [0.2, 0.25) is 0 Å². The molecule has 0 aliphatic carbocycles. The summed E-state index contributed by atoms with van der Waals surface area (Å²) in [6.45, 7) is 8.03. The highest BCUT2D eigenvalue weighted by atomic mass is 35.5. The van der Waals surface area contributed by atoms with E-state index in [2.05, 4.69) is 11.6 Å². The third kappa shape index (κ3) is 6.77. The topological polar surface area (TPSA) is 79.1 Å². The smallest absolute Gasteiger partial charge is 0.338 e. The fourth-order valence-electron chi connectivity index (χ4n) is 4.62. The van der Waals surface area contributed by atoms with E-state index in [1.807, 2.05) is 42.5 Å². The monoisotopic (exact) mass is 634 g/mol. The molecule has 0 amide bonds. The Hall–Kier alpha value is -4.11. The van der Waals surface area contributed by atoms with Crippen LogP contribution in [0.2, 0.25) is 10.0 Å². The molecule has 1 aliphatic rings. The van der Waals surface area contributed by atoms with E-state index in [1.165, 1.54) is 11.3 Å². The lowest BCUT2D eigenvalue weighted by Gasteiger charge is -2.24. The third-order valence-electron chi connectivity index (χ3n) is 6.67. The molecule has 1 aromatic heterocycles. The molecule has 0 fully saturated rings. The lowest BCUT2D eigenvalue weighted by molar-refractivity contribution is -0.139. The van der Waals surface area contributed by atoms with Gasteiger partial charge in [-0.2, -0.15) is 0 Å². The first-order valence-electron chi connectivity index (χ1n) is 13.5. The average molecular weight is 636 g/mol. The molecule has 0 spiro atoms. The van der Waals surface area contributed by atoms with Gasteiger partial charge in [0.1, 0.15) is 24.7 Å². The van der Waals surface area contributed by atoms with E-state index < -0.39 is 12.0 Å². The van der Waals surface area contributed by atoms with E-state index in [0.717, 1.165) is 16.7 Å². The zero-order valence-corrected chi connectivity index (χ0v) is 25.8. The van der Waals surface area contributed by atoms with Crippen LogP contribution in [0.4, 0.5) is 0 Å². The second kappa shape index (κ2) is 13.5. The molecule has 2 heterocycles. The molecule has 0 saturated heterocycles. The van der Waals surface area contributed by atoms with Crippen LogP contribution in [0.3, 0.4) is 0 Å². The summed E-state index contributed by atoms with van der Waals surface area (Å²) in [5, 5.41) is 1.10. The number of fused-ring (bicyclic) bond motifs is 1. The lowest BCUT2D eigenvalue weighted by Crippen LogP contribution is -2.39. The fourth-order valence-corrected chi connectivity index (χ4v) is 6.13. The van der Waals surface area contributed by atoms with Gasteiger partial charge in [0.25, 0.3) is 5.56 Å². The van der Waals surface area contributed by atoms with Crippen molar-refractivity contribution in [2.24, 2.45) is 4.99 Å². The van der Waals surface area contributed by atoms with Gasteiger partial charge >= 0.3 is 5.97 Å². The molecule has 0 unspecified atom stereocenters. The molecule has 1 atom stereocenters. The van der Waals surface area contributed by atoms with Crippen LogP contribution < -0.4 is 24.4 Å². The van der Waals surface area contributed by atoms with Crippen molar-refractivity contribution in [1.29, 1.82) is 0 Å². The summed E-state index contributed by atoms with van der Waals surface area (Å²) in [7, 11) is 0. The van der Waals surface area contributed by atoms with Gasteiger partial charge < -0.3 is 14.2 Å². The van der Waals surface area contributed by atoms with E-state index in [9.17, 15) is 9.59 Å². The van der Waals surface area contributed by atoms with Crippen molar-refractivity contribution < 1.29 is 19.0 Å². The normalized spacial score (nSPS) is 14.6. The number of esters is 1. The molecule has 0 saturated carbocycles. The highest BCUT2D eigenvalue weighted by Crippen LogP contribution is 2.31. The number of halogens is 2. The maximum absolute atomic E-state index is 13.8. The number of rotatable bonds is 10. The van der Waals surface area contributed by atoms with Crippen LogP contribution in [0.1, 0.15) is 36.6 Å². The van der Waals surface area contributed by atoms with E-state index in [4.69, 9.17) is 37.4 Å². The summed E-state index contributed by atoms with van der Waals surface area (Å²) in [4.78, 5) is 32.1. The van der Waals surface area contributed by atoms with Gasteiger partial charge in [-0.15, -0.1) is 0 Å². The van der Waals surface area contributed by atoms with Crippen molar-refractivity contribution in [3.63, 3.8) is 0 Å². The molecule has 1 aliphatic heterocycles. The van der Waals surface area contributed by atoms with Crippen LogP contribution in [0, 0.1) is 0 Å². The van der Waals surface area contributed by atoms with Crippen LogP contribution in [-0.2, 0) is 16.1 Å². The average Bonchev–Trinajstić information content (AvgIpc) is 3.29. The Kier molecular flexibility index (Phi) is 9.50. The Labute approximate surface area is 262 Å². The molecule has 0 N–H and O–H groups in total. The Morgan fingerprint density at radius 2 is 1.74 bits per heavy atom. The number of allylic oxidation sites excluding steroid dienone is 1. The van der Waals surface area contributed by atoms with Crippen molar-refractivity contribution in [3.8, 4) is 11.5 Å². The van der Waals surface area contributed by atoms with E-state index in [1.54, 1.807) is 54.8 Å². The Bertz CT molecular complexity index is 1880. The van der Waals surface area contributed by atoms with E-state index in [0.29, 0.717) is 48.8 Å². The minimum Gasteiger partial charge on any atom is -0.490 e. The zero-order chi connectivity index (χ0) is 30.5. The Morgan fingerprint density at radius 1 is 1.05 bits per heavy atom. The highest BCUT2D eigenvalue weighted by Gasteiger charge is 2.33. The van der Waals surface area contributed by atoms with Gasteiger partial charge in [0.15, 0.2) is 4.80 Å². The van der Waals surface area contributed by atoms with Gasteiger partial charge in [0.05, 0.1) is 28.5 Å². The molecule has 0 bridgehead atoms. The van der Waals surface area contributed by atoms with Crippen molar-refractivity contribution in [3.05, 3.63) is 137 Å². The number of benzene rings is 3. The van der Waals surface area contributed by atoms with Crippen LogP contribution in [0.5, 0.6) is 11.5 Å². The first kappa shape index (κ1) is 30.4. The van der Waals surface area contributed by atoms with Crippen LogP contribution in [0.25, 0.3) is 6.08 Å². The summed E-state index contributed by atoms with van der Waals surface area (Å²) >= 11 is 13.5. The predicted octanol–water partition coefficient (Wildman–Crippen LogP) is 6.25. The molecule has 10 heteroatoms. The second-order valence-electron chi connectivity index (χ2n) is 9.56. The standard InChI is InChI=1S/C33H28Cl2N2O5S/c1-4-16-41-25-14-9-22(10-15-25)30-29(32(39)40-5-2)20(3)36-33-37(30)31(38)28(43-33)17-21-6-12-26(13-7-21)42-19-23-8-11-24(34)18-27(23)35/h4,6-15,17-18,30H,1,5,16,19H2,2-3H3/b28-17-/t30-/m1/s1. The minimum atomic E-state index is -0.707. The summed E-state index contributed by atoms with van der Waals surface area (Å²) in [5.74, 6) is 0.795. The van der Waals surface area contributed by atoms with E-state index in [-0.39, 0.29) is 18.8 Å². The molecule has 220 valence electrons. The minimum absolute atomic E-state index is 0.202. The Morgan fingerprint density at radius 3 is 2.42 bits per heavy atom. The number of carbonyl (C=O) groups excluding carboxylic acids is 1. The molecule has 0 radical (unpaired) electrons. The van der Waals surface area contributed by atoms with Crippen molar-refractivity contribution in [1.82, 2.24) is 4.57 Å². The lowest BCUT2D eigenvalue weighted by atomic mass is 9.96. The highest BCUT2D eigenvalue weighted by molar-refractivity contribution is 7.07. The number of hydrogen-bond donors (Lipinski definition) is 0. The number of aromatic nitrogens is 1. The summed E-state index contributed by atoms with van der Waals surface area (Å²) in [6, 6.07) is 19.2. The van der Waals surface area contributed by atoms with Crippen LogP contribution in [0.15, 0.2) is 100 Å².